The van der Waals surface area contributed by atoms with Crippen LogP contribution < -0.4 is 0 Å². The van der Waals surface area contributed by atoms with E-state index in [0.717, 1.165) is 17.2 Å². The number of amides is 1. The van der Waals surface area contributed by atoms with Gasteiger partial charge in [0, 0.05) is 30.8 Å². The summed E-state index contributed by atoms with van der Waals surface area (Å²) in [4.78, 5) is 18.9. The second kappa shape index (κ2) is 6.79. The highest BCUT2D eigenvalue weighted by molar-refractivity contribution is 5.79. The van der Waals surface area contributed by atoms with Gasteiger partial charge >= 0.3 is 0 Å². The van der Waals surface area contributed by atoms with Crippen molar-refractivity contribution in [3.05, 3.63) is 35.7 Å². The maximum absolute atomic E-state index is 12.8. The number of likely N-dealkylation sites (N-methyl/N-ethyl adjacent to an activating group) is 1. The molecule has 6 heteroatoms. The highest BCUT2D eigenvalue weighted by atomic mass is 16.2. The molecular formula is C18H29N5O. The molecule has 2 rings (SSSR count). The van der Waals surface area contributed by atoms with Crippen molar-refractivity contribution in [2.75, 3.05) is 7.05 Å². The molecule has 0 spiro atoms. The molecule has 6 nitrogen and oxygen atoms in total. The number of H-pyrrole nitrogens is 1. The van der Waals surface area contributed by atoms with Crippen LogP contribution in [0, 0.1) is 0 Å². The average Bonchev–Trinajstić information content (AvgIpc) is 3.13. The van der Waals surface area contributed by atoms with Gasteiger partial charge in [-0.05, 0) is 13.0 Å². The van der Waals surface area contributed by atoms with Crippen LogP contribution in [0.25, 0.3) is 0 Å². The van der Waals surface area contributed by atoms with Gasteiger partial charge in [0.15, 0.2) is 0 Å². The Kier molecular flexibility index (Phi) is 5.16. The molecule has 1 atom stereocenters. The summed E-state index contributed by atoms with van der Waals surface area (Å²) in [6, 6.07) is 1.76. The van der Waals surface area contributed by atoms with Crippen LogP contribution in [0.15, 0.2) is 18.5 Å². The quantitative estimate of drug-likeness (QED) is 0.914. The minimum absolute atomic E-state index is 0.00635. The van der Waals surface area contributed by atoms with Crippen LogP contribution in [0.1, 0.15) is 70.7 Å². The van der Waals surface area contributed by atoms with Gasteiger partial charge in [-0.2, -0.15) is 5.10 Å². The Hall–Kier alpha value is -2.11. The summed E-state index contributed by atoms with van der Waals surface area (Å²) < 4.78 is 1.96. The highest BCUT2D eigenvalue weighted by Gasteiger charge is 2.23. The third kappa shape index (κ3) is 3.86. The van der Waals surface area contributed by atoms with E-state index in [2.05, 4.69) is 49.8 Å². The van der Waals surface area contributed by atoms with Crippen LogP contribution in [-0.4, -0.2) is 37.6 Å². The fourth-order valence-corrected chi connectivity index (χ4v) is 2.70. The van der Waals surface area contributed by atoms with E-state index in [1.54, 1.807) is 11.1 Å². The summed E-state index contributed by atoms with van der Waals surface area (Å²) in [5.74, 6) is 1.27. The van der Waals surface area contributed by atoms with Crippen LogP contribution in [-0.2, 0) is 16.8 Å². The van der Waals surface area contributed by atoms with Crippen molar-refractivity contribution in [3.8, 4) is 0 Å². The third-order valence-electron chi connectivity index (χ3n) is 4.17. The van der Waals surface area contributed by atoms with Crippen molar-refractivity contribution in [1.82, 2.24) is 24.6 Å². The van der Waals surface area contributed by atoms with E-state index in [0.29, 0.717) is 6.54 Å². The van der Waals surface area contributed by atoms with Gasteiger partial charge in [-0.25, -0.2) is 4.98 Å². The van der Waals surface area contributed by atoms with Crippen LogP contribution in [0.3, 0.4) is 0 Å². The summed E-state index contributed by atoms with van der Waals surface area (Å²) in [5.41, 5.74) is 1.94. The van der Waals surface area contributed by atoms with Crippen LogP contribution in [0.5, 0.6) is 0 Å². The summed E-state index contributed by atoms with van der Waals surface area (Å²) in [6.45, 7) is 13.0. The maximum atomic E-state index is 12.8. The van der Waals surface area contributed by atoms with E-state index < -0.39 is 0 Å². The maximum Gasteiger partial charge on any atom is 0.245 e. The van der Waals surface area contributed by atoms with Crippen molar-refractivity contribution in [2.24, 2.45) is 0 Å². The molecule has 0 radical (unpaired) electrons. The number of hydrogen-bond acceptors (Lipinski definition) is 3. The monoisotopic (exact) mass is 331 g/mol. The first kappa shape index (κ1) is 18.2. The Bertz CT molecular complexity index is 692. The Morgan fingerprint density at radius 2 is 2.00 bits per heavy atom. The lowest BCUT2D eigenvalue weighted by molar-refractivity contribution is -0.133. The number of rotatable bonds is 5. The average molecular weight is 331 g/mol. The van der Waals surface area contributed by atoms with Gasteiger partial charge in [0.25, 0.3) is 0 Å². The number of aromatic nitrogens is 4. The lowest BCUT2D eigenvalue weighted by Gasteiger charge is -2.23. The first-order valence-corrected chi connectivity index (χ1v) is 8.43. The molecule has 1 N–H and O–H groups in total. The molecule has 132 valence electrons. The van der Waals surface area contributed by atoms with E-state index in [1.165, 1.54) is 0 Å². The van der Waals surface area contributed by atoms with E-state index in [4.69, 9.17) is 0 Å². The van der Waals surface area contributed by atoms with Crippen molar-refractivity contribution in [2.45, 2.75) is 65.5 Å². The number of nitrogens with zero attached hydrogens (tertiary/aromatic N) is 4. The SMILES string of the molecule is CC(C)c1nccn1C(C)C(=O)N(C)Cc1cc(C(C)(C)C)n[nH]1. The molecular weight excluding hydrogens is 302 g/mol. The van der Waals surface area contributed by atoms with E-state index in [1.807, 2.05) is 30.8 Å². The fourth-order valence-electron chi connectivity index (χ4n) is 2.70. The van der Waals surface area contributed by atoms with Gasteiger partial charge in [-0.15, -0.1) is 0 Å². The summed E-state index contributed by atoms with van der Waals surface area (Å²) in [6.07, 6.45) is 3.63. The summed E-state index contributed by atoms with van der Waals surface area (Å²) >= 11 is 0. The molecule has 0 saturated carbocycles. The van der Waals surface area contributed by atoms with Crippen LogP contribution in [0.4, 0.5) is 0 Å². The third-order valence-corrected chi connectivity index (χ3v) is 4.17. The van der Waals surface area contributed by atoms with Gasteiger partial charge in [0.1, 0.15) is 11.9 Å². The van der Waals surface area contributed by atoms with Gasteiger partial charge in [0.05, 0.1) is 17.9 Å². The first-order chi connectivity index (χ1) is 11.1. The number of hydrogen-bond donors (Lipinski definition) is 1. The van der Waals surface area contributed by atoms with Crippen molar-refractivity contribution in [3.63, 3.8) is 0 Å². The second-order valence-electron chi connectivity index (χ2n) is 7.75. The molecule has 1 amide bonds. The molecule has 2 aromatic heterocycles. The highest BCUT2D eigenvalue weighted by Crippen LogP contribution is 2.22. The molecule has 24 heavy (non-hydrogen) atoms. The van der Waals surface area contributed by atoms with E-state index in [-0.39, 0.29) is 23.3 Å². The minimum Gasteiger partial charge on any atom is -0.338 e. The topological polar surface area (TPSA) is 66.8 Å². The standard InChI is InChI=1S/C18H29N5O/c1-12(2)16-19-8-9-23(16)13(3)17(24)22(7)11-14-10-15(21-20-14)18(4,5)6/h8-10,12-13H,11H2,1-7H3,(H,20,21). The van der Waals surface area contributed by atoms with E-state index >= 15 is 0 Å². The van der Waals surface area contributed by atoms with Gasteiger partial charge < -0.3 is 9.47 Å². The van der Waals surface area contributed by atoms with Crippen LogP contribution in [0.2, 0.25) is 0 Å². The molecule has 0 aliphatic heterocycles. The minimum atomic E-state index is -0.278. The number of nitrogens with one attached hydrogen (secondary N) is 1. The smallest absolute Gasteiger partial charge is 0.245 e. The van der Waals surface area contributed by atoms with Gasteiger partial charge in [0.2, 0.25) is 5.91 Å². The van der Waals surface area contributed by atoms with Crippen LogP contribution >= 0.6 is 0 Å². The molecule has 0 saturated heterocycles. The van der Waals surface area contributed by atoms with Gasteiger partial charge in [-0.3, -0.25) is 9.89 Å². The lowest BCUT2D eigenvalue weighted by atomic mass is 9.92. The number of aromatic amines is 1. The van der Waals surface area contributed by atoms with Crippen molar-refractivity contribution in [1.29, 1.82) is 0 Å². The zero-order valence-electron chi connectivity index (χ0n) is 15.8. The summed E-state index contributed by atoms with van der Waals surface area (Å²) in [7, 11) is 1.82. The number of imidazole rings is 1. The first-order valence-electron chi connectivity index (χ1n) is 8.43. The number of carbonyl (C=O) groups is 1. The Labute approximate surface area is 144 Å². The normalized spacial score (nSPS) is 13.3. The predicted octanol–water partition coefficient (Wildman–Crippen LogP) is 3.25. The zero-order valence-corrected chi connectivity index (χ0v) is 15.8. The summed E-state index contributed by atoms with van der Waals surface area (Å²) in [5, 5.41) is 7.39. The molecule has 0 aromatic carbocycles. The molecule has 1 unspecified atom stereocenters. The van der Waals surface area contributed by atoms with Crippen molar-refractivity contribution >= 4 is 5.91 Å². The fraction of sp³-hybridized carbons (Fsp3) is 0.611. The molecule has 0 fully saturated rings. The molecule has 0 aliphatic rings. The Balaban J connectivity index is 2.09. The number of carbonyl (C=O) groups excluding carboxylic acids is 1. The van der Waals surface area contributed by atoms with E-state index in [9.17, 15) is 4.79 Å². The zero-order chi connectivity index (χ0) is 18.1. The van der Waals surface area contributed by atoms with Gasteiger partial charge in [-0.1, -0.05) is 34.6 Å². The molecule has 0 aliphatic carbocycles. The molecule has 0 bridgehead atoms. The Morgan fingerprint density at radius 3 is 2.54 bits per heavy atom. The lowest BCUT2D eigenvalue weighted by Crippen LogP contribution is -2.33. The largest absolute Gasteiger partial charge is 0.338 e. The predicted molar refractivity (Wildman–Crippen MR) is 94.8 cm³/mol. The molecule has 2 aromatic rings. The second-order valence-corrected chi connectivity index (χ2v) is 7.75. The van der Waals surface area contributed by atoms with Crippen molar-refractivity contribution < 1.29 is 4.79 Å². The molecule has 2 heterocycles. The Morgan fingerprint density at radius 1 is 1.33 bits per heavy atom.